The van der Waals surface area contributed by atoms with Crippen LogP contribution in [0.1, 0.15) is 22.5 Å². The van der Waals surface area contributed by atoms with Crippen LogP contribution in [-0.4, -0.2) is 60.5 Å². The molecule has 0 saturated heterocycles. The lowest BCUT2D eigenvalue weighted by Crippen LogP contribution is -2.36. The molecule has 26 heavy (non-hydrogen) atoms. The number of hydrogen-bond donors (Lipinski definition) is 0. The number of benzene rings is 1. The van der Waals surface area contributed by atoms with Crippen LogP contribution < -0.4 is 0 Å². The first kappa shape index (κ1) is 20.1. The summed E-state index contributed by atoms with van der Waals surface area (Å²) >= 11 is 3.44. The van der Waals surface area contributed by atoms with E-state index in [2.05, 4.69) is 25.8 Å². The van der Waals surface area contributed by atoms with Crippen LogP contribution in [0.3, 0.4) is 0 Å². The molecule has 140 valence electrons. The van der Waals surface area contributed by atoms with Crippen LogP contribution in [0.25, 0.3) is 5.69 Å². The number of nitrogens with zero attached hydrogens (tertiary/aromatic N) is 3. The van der Waals surface area contributed by atoms with Crippen molar-refractivity contribution in [2.45, 2.75) is 13.3 Å². The largest absolute Gasteiger partial charge is 0.469 e. The smallest absolute Gasteiger partial charge is 0.307 e. The van der Waals surface area contributed by atoms with Crippen molar-refractivity contribution in [1.29, 1.82) is 0 Å². The van der Waals surface area contributed by atoms with Gasteiger partial charge in [-0.2, -0.15) is 5.10 Å². The molecule has 0 aliphatic heterocycles. The molecule has 0 aliphatic carbocycles. The van der Waals surface area contributed by atoms with Gasteiger partial charge in [-0.3, -0.25) is 9.59 Å². The summed E-state index contributed by atoms with van der Waals surface area (Å²) in [4.78, 5) is 25.9. The first-order chi connectivity index (χ1) is 12.5. The minimum Gasteiger partial charge on any atom is -0.469 e. The Morgan fingerprint density at radius 1 is 1.27 bits per heavy atom. The normalized spacial score (nSPS) is 10.6. The molecular weight excluding hydrogens is 402 g/mol. The van der Waals surface area contributed by atoms with Crippen molar-refractivity contribution in [3.63, 3.8) is 0 Å². The van der Waals surface area contributed by atoms with Crippen LogP contribution in [0, 0.1) is 6.92 Å². The molecule has 1 heterocycles. The molecule has 0 saturated carbocycles. The van der Waals surface area contributed by atoms with Gasteiger partial charge in [0, 0.05) is 24.7 Å². The topological polar surface area (TPSA) is 73.7 Å². The number of halogens is 1. The summed E-state index contributed by atoms with van der Waals surface area (Å²) in [6.45, 7) is 2.87. The molecule has 8 heteroatoms. The van der Waals surface area contributed by atoms with Crippen molar-refractivity contribution < 1.29 is 19.1 Å². The molecule has 1 aromatic heterocycles. The SMILES string of the molecule is COCCN(CCC(=O)OC)C(=O)c1cnn(-c2cccc(Br)c2)c1C. The molecule has 2 aromatic rings. The lowest BCUT2D eigenvalue weighted by atomic mass is 10.2. The van der Waals surface area contributed by atoms with Gasteiger partial charge < -0.3 is 14.4 Å². The van der Waals surface area contributed by atoms with Crippen molar-refractivity contribution in [3.8, 4) is 5.69 Å². The fourth-order valence-corrected chi connectivity index (χ4v) is 2.89. The summed E-state index contributed by atoms with van der Waals surface area (Å²) in [5.41, 5.74) is 2.08. The van der Waals surface area contributed by atoms with Crippen molar-refractivity contribution in [3.05, 3.63) is 46.2 Å². The number of ether oxygens (including phenoxy) is 2. The number of carbonyl (C=O) groups excluding carboxylic acids is 2. The summed E-state index contributed by atoms with van der Waals surface area (Å²) in [5.74, 6) is -0.550. The molecule has 0 bridgehead atoms. The van der Waals surface area contributed by atoms with Crippen LogP contribution in [0.4, 0.5) is 0 Å². The molecule has 0 aliphatic rings. The standard InChI is InChI=1S/C18H22BrN3O4/c1-13-16(12-20-22(13)15-6-4-5-14(19)11-15)18(24)21(9-10-25-2)8-7-17(23)26-3/h4-6,11-12H,7-10H2,1-3H3. The van der Waals surface area contributed by atoms with Gasteiger partial charge in [-0.1, -0.05) is 22.0 Å². The Kier molecular flexibility index (Phi) is 7.35. The van der Waals surface area contributed by atoms with E-state index in [0.29, 0.717) is 18.7 Å². The molecule has 0 N–H and O–H groups in total. The Labute approximate surface area is 161 Å². The Morgan fingerprint density at radius 3 is 2.69 bits per heavy atom. The molecule has 1 amide bonds. The number of rotatable bonds is 8. The Morgan fingerprint density at radius 2 is 2.04 bits per heavy atom. The first-order valence-electron chi connectivity index (χ1n) is 8.13. The molecular formula is C18H22BrN3O4. The van der Waals surface area contributed by atoms with E-state index >= 15 is 0 Å². The summed E-state index contributed by atoms with van der Waals surface area (Å²) in [6, 6.07) is 7.67. The predicted molar refractivity (Wildman–Crippen MR) is 100 cm³/mol. The molecule has 0 fully saturated rings. The minimum absolute atomic E-state index is 0.130. The summed E-state index contributed by atoms with van der Waals surface area (Å²) in [5, 5.41) is 4.35. The molecule has 0 radical (unpaired) electrons. The van der Waals surface area contributed by atoms with Gasteiger partial charge in [0.05, 0.1) is 43.3 Å². The number of aromatic nitrogens is 2. The second kappa shape index (κ2) is 9.49. The molecule has 0 atom stereocenters. The van der Waals surface area contributed by atoms with Crippen LogP contribution >= 0.6 is 15.9 Å². The summed E-state index contributed by atoms with van der Waals surface area (Å²) in [7, 11) is 2.90. The third kappa shape index (κ3) is 4.92. The number of methoxy groups -OCH3 is 2. The predicted octanol–water partition coefficient (Wildman–Crippen LogP) is 2.59. The number of amides is 1. The number of carbonyl (C=O) groups is 2. The van der Waals surface area contributed by atoms with E-state index in [4.69, 9.17) is 4.74 Å². The van der Waals surface area contributed by atoms with Gasteiger partial charge >= 0.3 is 5.97 Å². The zero-order chi connectivity index (χ0) is 19.1. The molecule has 0 unspecified atom stereocenters. The lowest BCUT2D eigenvalue weighted by molar-refractivity contribution is -0.140. The highest BCUT2D eigenvalue weighted by Gasteiger charge is 2.22. The third-order valence-corrected chi connectivity index (χ3v) is 4.45. The van der Waals surface area contributed by atoms with Crippen LogP contribution in [0.5, 0.6) is 0 Å². The van der Waals surface area contributed by atoms with Gasteiger partial charge in [0.2, 0.25) is 0 Å². The van der Waals surface area contributed by atoms with Crippen molar-refractivity contribution in [2.24, 2.45) is 0 Å². The maximum absolute atomic E-state index is 12.9. The van der Waals surface area contributed by atoms with Crippen LogP contribution in [0.2, 0.25) is 0 Å². The van der Waals surface area contributed by atoms with Gasteiger partial charge in [-0.25, -0.2) is 4.68 Å². The van der Waals surface area contributed by atoms with Crippen molar-refractivity contribution >= 4 is 27.8 Å². The van der Waals surface area contributed by atoms with E-state index in [1.54, 1.807) is 22.9 Å². The second-order valence-corrected chi connectivity index (χ2v) is 6.56. The number of esters is 1. The van der Waals surface area contributed by atoms with Crippen molar-refractivity contribution in [2.75, 3.05) is 33.9 Å². The highest BCUT2D eigenvalue weighted by molar-refractivity contribution is 9.10. The fraction of sp³-hybridized carbons (Fsp3) is 0.389. The van der Waals surface area contributed by atoms with Gasteiger partial charge in [0.25, 0.3) is 5.91 Å². The number of hydrogen-bond acceptors (Lipinski definition) is 5. The Balaban J connectivity index is 2.23. The molecule has 7 nitrogen and oxygen atoms in total. The Hall–Kier alpha value is -2.19. The average molecular weight is 424 g/mol. The zero-order valence-electron chi connectivity index (χ0n) is 15.1. The van der Waals surface area contributed by atoms with Crippen molar-refractivity contribution in [1.82, 2.24) is 14.7 Å². The molecule has 1 aromatic carbocycles. The maximum Gasteiger partial charge on any atom is 0.307 e. The Bertz CT molecular complexity index is 776. The quantitative estimate of drug-likeness (QED) is 0.610. The van der Waals surface area contributed by atoms with E-state index in [9.17, 15) is 9.59 Å². The summed E-state index contributed by atoms with van der Waals surface area (Å²) < 4.78 is 12.4. The van der Waals surface area contributed by atoms with Crippen LogP contribution in [-0.2, 0) is 14.3 Å². The van der Waals surface area contributed by atoms with Gasteiger partial charge in [-0.05, 0) is 25.1 Å². The van der Waals surface area contributed by atoms with E-state index in [0.717, 1.165) is 15.9 Å². The second-order valence-electron chi connectivity index (χ2n) is 5.65. The van der Waals surface area contributed by atoms with Crippen LogP contribution in [0.15, 0.2) is 34.9 Å². The first-order valence-corrected chi connectivity index (χ1v) is 8.92. The van der Waals surface area contributed by atoms with E-state index < -0.39 is 0 Å². The highest BCUT2D eigenvalue weighted by atomic mass is 79.9. The fourth-order valence-electron chi connectivity index (χ4n) is 2.50. The lowest BCUT2D eigenvalue weighted by Gasteiger charge is -2.21. The molecule has 0 spiro atoms. The van der Waals surface area contributed by atoms with E-state index in [-0.39, 0.29) is 24.8 Å². The van der Waals surface area contributed by atoms with E-state index in [1.807, 2.05) is 31.2 Å². The monoisotopic (exact) mass is 423 g/mol. The zero-order valence-corrected chi connectivity index (χ0v) is 16.7. The molecule has 2 rings (SSSR count). The maximum atomic E-state index is 12.9. The van der Waals surface area contributed by atoms with Gasteiger partial charge in [0.15, 0.2) is 0 Å². The van der Waals surface area contributed by atoms with Gasteiger partial charge in [0.1, 0.15) is 0 Å². The average Bonchev–Trinajstić information content (AvgIpc) is 3.02. The third-order valence-electron chi connectivity index (χ3n) is 3.96. The van der Waals surface area contributed by atoms with Gasteiger partial charge in [-0.15, -0.1) is 0 Å². The summed E-state index contributed by atoms with van der Waals surface area (Å²) in [6.07, 6.45) is 1.68. The minimum atomic E-state index is -0.359. The highest BCUT2D eigenvalue weighted by Crippen LogP contribution is 2.19. The van der Waals surface area contributed by atoms with E-state index in [1.165, 1.54) is 7.11 Å².